The number of fused-ring (bicyclic) bond motifs is 9. The summed E-state index contributed by atoms with van der Waals surface area (Å²) in [6.45, 7) is 0. The average molecular weight is 829 g/mol. The second-order valence-electron chi connectivity index (χ2n) is 16.8. The van der Waals surface area contributed by atoms with Crippen molar-refractivity contribution in [1.29, 1.82) is 0 Å². The van der Waals surface area contributed by atoms with Crippen LogP contribution in [0.4, 0.5) is 17.1 Å². The Labute approximate surface area is 376 Å². The van der Waals surface area contributed by atoms with Gasteiger partial charge in [0.2, 0.25) is 0 Å². The van der Waals surface area contributed by atoms with Gasteiger partial charge in [-0.2, -0.15) is 0 Å². The van der Waals surface area contributed by atoms with E-state index < -0.39 is 0 Å². The third-order valence-electron chi connectivity index (χ3n) is 13.2. The van der Waals surface area contributed by atoms with Gasteiger partial charge in [-0.1, -0.05) is 176 Å². The van der Waals surface area contributed by atoms with Gasteiger partial charge in [-0.05, 0) is 111 Å². The van der Waals surface area contributed by atoms with Gasteiger partial charge in [0, 0.05) is 44.0 Å². The topological polar surface area (TPSA) is 21.3 Å². The summed E-state index contributed by atoms with van der Waals surface area (Å²) in [4.78, 5) is 2.43. The molecule has 0 N–H and O–H groups in total. The van der Waals surface area contributed by atoms with Crippen molar-refractivity contribution in [3.63, 3.8) is 0 Å². The molecular weight excluding hydrogens is 789 g/mol. The second kappa shape index (κ2) is 15.0. The second-order valence-corrected chi connectivity index (χ2v) is 16.8. The highest BCUT2D eigenvalue weighted by atomic mass is 16.3. The summed E-state index contributed by atoms with van der Waals surface area (Å²) in [7, 11) is 0. The van der Waals surface area contributed by atoms with Crippen molar-refractivity contribution in [2.24, 2.45) is 0 Å². The number of nitrogens with zero attached hydrogens (tertiary/aromatic N) is 2. The number of hydrogen-bond donors (Lipinski definition) is 0. The van der Waals surface area contributed by atoms with Gasteiger partial charge in [0.1, 0.15) is 11.2 Å². The number of hydrogen-bond acceptors (Lipinski definition) is 2. The molecule has 2 aromatic heterocycles. The summed E-state index contributed by atoms with van der Waals surface area (Å²) in [6.07, 6.45) is 0. The first kappa shape index (κ1) is 36.9. The zero-order chi connectivity index (χ0) is 42.8. The third kappa shape index (κ3) is 5.97. The van der Waals surface area contributed by atoms with Crippen molar-refractivity contribution in [1.82, 2.24) is 4.57 Å². The molecule has 11 aromatic carbocycles. The lowest BCUT2D eigenvalue weighted by molar-refractivity contribution is 0.669. The van der Waals surface area contributed by atoms with Gasteiger partial charge in [-0.3, -0.25) is 0 Å². The van der Waals surface area contributed by atoms with Crippen molar-refractivity contribution >= 4 is 82.4 Å². The monoisotopic (exact) mass is 828 g/mol. The number of benzene rings is 11. The van der Waals surface area contributed by atoms with Gasteiger partial charge < -0.3 is 13.9 Å². The Kier molecular flexibility index (Phi) is 8.53. The quantitative estimate of drug-likeness (QED) is 0.149. The van der Waals surface area contributed by atoms with E-state index in [-0.39, 0.29) is 0 Å². The van der Waals surface area contributed by atoms with Crippen LogP contribution in [0.1, 0.15) is 0 Å². The van der Waals surface area contributed by atoms with Crippen LogP contribution in [0.25, 0.3) is 104 Å². The van der Waals surface area contributed by atoms with Crippen LogP contribution >= 0.6 is 0 Å². The molecule has 13 aromatic rings. The summed E-state index contributed by atoms with van der Waals surface area (Å²) in [6, 6.07) is 87.8. The van der Waals surface area contributed by atoms with Crippen LogP contribution in [0.15, 0.2) is 247 Å². The van der Waals surface area contributed by atoms with Crippen LogP contribution in [0.2, 0.25) is 0 Å². The maximum atomic E-state index is 6.37. The van der Waals surface area contributed by atoms with E-state index in [4.69, 9.17) is 4.42 Å². The average Bonchev–Trinajstić information content (AvgIpc) is 3.93. The predicted octanol–water partition coefficient (Wildman–Crippen LogP) is 17.5. The van der Waals surface area contributed by atoms with Gasteiger partial charge in [0.05, 0.1) is 22.4 Å². The Hall–Kier alpha value is -8.66. The van der Waals surface area contributed by atoms with Gasteiger partial charge >= 0.3 is 0 Å². The standard InChI is InChI=1S/C62H40N2O/c1-2-20-46-43(17-1)40-55(50-23-4-3-22-49(46)50)53-26-8-11-30-57(53)63(45-19-15-18-42(39-45)48-28-16-34-61-62(48)54-27-9-14-33-60(54)65-61)44-37-35-41(36-38-44)47-21-5-10-29-56(47)64-58-31-12-6-24-51(58)52-25-7-13-32-59(52)64/h1-40H. The maximum Gasteiger partial charge on any atom is 0.136 e. The third-order valence-corrected chi connectivity index (χ3v) is 13.2. The molecule has 0 aliphatic rings. The molecule has 0 unspecified atom stereocenters. The van der Waals surface area contributed by atoms with Crippen LogP contribution in [-0.2, 0) is 0 Å². The molecule has 0 bridgehead atoms. The van der Waals surface area contributed by atoms with Crippen LogP contribution in [0, 0.1) is 0 Å². The Balaban J connectivity index is 1.01. The molecule has 0 saturated carbocycles. The van der Waals surface area contributed by atoms with E-state index in [0.717, 1.165) is 66.9 Å². The van der Waals surface area contributed by atoms with Crippen molar-refractivity contribution in [2.75, 3.05) is 4.90 Å². The van der Waals surface area contributed by atoms with Crippen LogP contribution in [0.5, 0.6) is 0 Å². The fourth-order valence-corrected chi connectivity index (χ4v) is 10.3. The molecule has 13 rings (SSSR count). The summed E-state index contributed by atoms with van der Waals surface area (Å²) >= 11 is 0. The van der Waals surface area contributed by atoms with Crippen molar-refractivity contribution in [2.45, 2.75) is 0 Å². The molecule has 0 aliphatic carbocycles. The number of furan rings is 1. The molecule has 0 atom stereocenters. The van der Waals surface area contributed by atoms with E-state index in [1.54, 1.807) is 0 Å². The zero-order valence-electron chi connectivity index (χ0n) is 35.4. The van der Waals surface area contributed by atoms with Gasteiger partial charge in [0.25, 0.3) is 0 Å². The van der Waals surface area contributed by atoms with E-state index in [1.165, 1.54) is 54.5 Å². The summed E-state index contributed by atoms with van der Waals surface area (Å²) in [5, 5.41) is 9.69. The molecular formula is C62H40N2O. The van der Waals surface area contributed by atoms with Gasteiger partial charge in [-0.15, -0.1) is 0 Å². The number of anilines is 3. The summed E-state index contributed by atoms with van der Waals surface area (Å²) in [5.74, 6) is 0. The molecule has 3 nitrogen and oxygen atoms in total. The molecule has 2 heterocycles. The van der Waals surface area contributed by atoms with Crippen LogP contribution in [-0.4, -0.2) is 4.57 Å². The lowest BCUT2D eigenvalue weighted by Crippen LogP contribution is -2.11. The molecule has 0 radical (unpaired) electrons. The lowest BCUT2D eigenvalue weighted by atomic mass is 9.92. The smallest absolute Gasteiger partial charge is 0.136 e. The zero-order valence-corrected chi connectivity index (χ0v) is 35.4. The predicted molar refractivity (Wildman–Crippen MR) is 274 cm³/mol. The normalized spacial score (nSPS) is 11.7. The minimum absolute atomic E-state index is 0.885. The molecule has 3 heteroatoms. The number of aromatic nitrogens is 1. The first-order valence-corrected chi connectivity index (χ1v) is 22.3. The maximum absolute atomic E-state index is 6.37. The van der Waals surface area contributed by atoms with E-state index >= 15 is 0 Å². The molecule has 0 amide bonds. The highest BCUT2D eigenvalue weighted by Crippen LogP contribution is 2.46. The van der Waals surface area contributed by atoms with E-state index in [2.05, 4.69) is 246 Å². The molecule has 304 valence electrons. The Morgan fingerprint density at radius 2 is 0.908 bits per heavy atom. The van der Waals surface area contributed by atoms with Crippen molar-refractivity contribution < 1.29 is 4.42 Å². The summed E-state index contributed by atoms with van der Waals surface area (Å²) in [5.41, 5.74) is 15.5. The molecule has 0 aliphatic heterocycles. The van der Waals surface area contributed by atoms with Crippen LogP contribution < -0.4 is 4.90 Å². The fraction of sp³-hybridized carbons (Fsp3) is 0. The van der Waals surface area contributed by atoms with Gasteiger partial charge in [-0.25, -0.2) is 0 Å². The Bertz CT molecular complexity index is 3910. The fourth-order valence-electron chi connectivity index (χ4n) is 10.3. The molecule has 0 spiro atoms. The molecule has 0 saturated heterocycles. The number of rotatable bonds is 7. The Morgan fingerprint density at radius 1 is 0.323 bits per heavy atom. The first-order valence-electron chi connectivity index (χ1n) is 22.3. The van der Waals surface area contributed by atoms with E-state index in [9.17, 15) is 0 Å². The highest BCUT2D eigenvalue weighted by Gasteiger charge is 2.22. The SMILES string of the molecule is c1cc(-c2cccc3oc4ccccc4c23)cc(N(c2ccc(-c3ccccc3-n3c4ccccc4c4ccccc43)cc2)c2ccccc2-c2cc3ccccc3c3ccccc23)c1. The minimum atomic E-state index is 0.885. The minimum Gasteiger partial charge on any atom is -0.456 e. The highest BCUT2D eigenvalue weighted by molar-refractivity contribution is 6.16. The Morgan fingerprint density at radius 3 is 1.71 bits per heavy atom. The summed E-state index contributed by atoms with van der Waals surface area (Å²) < 4.78 is 8.79. The largest absolute Gasteiger partial charge is 0.456 e. The van der Waals surface area contributed by atoms with E-state index in [0.29, 0.717) is 0 Å². The van der Waals surface area contributed by atoms with Crippen molar-refractivity contribution in [3.8, 4) is 39.1 Å². The van der Waals surface area contributed by atoms with Crippen LogP contribution in [0.3, 0.4) is 0 Å². The van der Waals surface area contributed by atoms with Crippen molar-refractivity contribution in [3.05, 3.63) is 243 Å². The first-order chi connectivity index (χ1) is 32.3. The van der Waals surface area contributed by atoms with Gasteiger partial charge in [0.15, 0.2) is 0 Å². The molecule has 65 heavy (non-hydrogen) atoms. The lowest BCUT2D eigenvalue weighted by Gasteiger charge is -2.29. The van der Waals surface area contributed by atoms with E-state index in [1.807, 2.05) is 6.07 Å². The molecule has 0 fully saturated rings. The number of para-hydroxylation sites is 5.